The number of nitrogens with one attached hydrogen (secondary N) is 1. The summed E-state index contributed by atoms with van der Waals surface area (Å²) in [6, 6.07) is 12.0. The SMILES string of the molecule is Cc1ccc(NC(=O)N2CCN(c3ccc4c(c3)OCO4)CC2)c(C)c1. The van der Waals surface area contributed by atoms with Crippen molar-refractivity contribution in [2.24, 2.45) is 0 Å². The molecule has 0 saturated carbocycles. The lowest BCUT2D eigenvalue weighted by Gasteiger charge is -2.36. The summed E-state index contributed by atoms with van der Waals surface area (Å²) in [6.07, 6.45) is 0. The molecule has 0 radical (unpaired) electrons. The molecule has 6 nitrogen and oxygen atoms in total. The molecular formula is C20H23N3O3. The highest BCUT2D eigenvalue weighted by Crippen LogP contribution is 2.35. The fraction of sp³-hybridized carbons (Fsp3) is 0.350. The van der Waals surface area contributed by atoms with Crippen LogP contribution in [0, 0.1) is 13.8 Å². The minimum atomic E-state index is -0.0395. The van der Waals surface area contributed by atoms with Crippen molar-refractivity contribution in [3.05, 3.63) is 47.5 Å². The van der Waals surface area contributed by atoms with Crippen molar-refractivity contribution >= 4 is 17.4 Å². The number of nitrogens with zero attached hydrogens (tertiary/aromatic N) is 2. The third-order valence-corrected chi connectivity index (χ3v) is 4.91. The van der Waals surface area contributed by atoms with Crippen LogP contribution in [0.3, 0.4) is 0 Å². The van der Waals surface area contributed by atoms with E-state index in [9.17, 15) is 4.79 Å². The zero-order chi connectivity index (χ0) is 18.1. The first-order chi connectivity index (χ1) is 12.6. The van der Waals surface area contributed by atoms with Crippen LogP contribution in [0.2, 0.25) is 0 Å². The lowest BCUT2D eigenvalue weighted by atomic mass is 10.1. The molecule has 1 fully saturated rings. The fourth-order valence-corrected chi connectivity index (χ4v) is 3.40. The molecule has 0 spiro atoms. The first-order valence-corrected chi connectivity index (χ1v) is 8.88. The summed E-state index contributed by atoms with van der Waals surface area (Å²) in [5.41, 5.74) is 4.25. The number of carbonyl (C=O) groups is 1. The van der Waals surface area contributed by atoms with E-state index in [1.807, 2.05) is 49.1 Å². The Labute approximate surface area is 153 Å². The zero-order valence-corrected chi connectivity index (χ0v) is 15.1. The van der Waals surface area contributed by atoms with E-state index in [0.717, 1.165) is 41.5 Å². The van der Waals surface area contributed by atoms with Crippen LogP contribution >= 0.6 is 0 Å². The number of ether oxygens (including phenoxy) is 2. The standard InChI is InChI=1S/C20H23N3O3/c1-14-3-5-17(15(2)11-14)21-20(24)23-9-7-22(8-10-23)16-4-6-18-19(12-16)26-13-25-18/h3-6,11-12H,7-10,13H2,1-2H3,(H,21,24). The number of urea groups is 1. The quantitative estimate of drug-likeness (QED) is 0.899. The first kappa shape index (κ1) is 16.6. The van der Waals surface area contributed by atoms with Gasteiger partial charge in [-0.05, 0) is 37.6 Å². The van der Waals surface area contributed by atoms with E-state index in [1.54, 1.807) is 0 Å². The molecule has 1 N–H and O–H groups in total. The summed E-state index contributed by atoms with van der Waals surface area (Å²) in [5, 5.41) is 3.03. The maximum atomic E-state index is 12.6. The predicted octanol–water partition coefficient (Wildman–Crippen LogP) is 3.39. The Hall–Kier alpha value is -2.89. The Morgan fingerprint density at radius 3 is 2.50 bits per heavy atom. The van der Waals surface area contributed by atoms with Crippen LogP contribution in [0.25, 0.3) is 0 Å². The van der Waals surface area contributed by atoms with Crippen LogP contribution in [-0.2, 0) is 0 Å². The van der Waals surface area contributed by atoms with Gasteiger partial charge >= 0.3 is 6.03 Å². The number of hydrogen-bond donors (Lipinski definition) is 1. The minimum absolute atomic E-state index is 0.0395. The second-order valence-corrected chi connectivity index (χ2v) is 6.76. The number of anilines is 2. The van der Waals surface area contributed by atoms with E-state index in [1.165, 1.54) is 5.56 Å². The van der Waals surface area contributed by atoms with E-state index >= 15 is 0 Å². The summed E-state index contributed by atoms with van der Waals surface area (Å²) in [5.74, 6) is 1.58. The van der Waals surface area contributed by atoms with Gasteiger partial charge in [0.1, 0.15) is 0 Å². The lowest BCUT2D eigenvalue weighted by Crippen LogP contribution is -2.50. The number of amides is 2. The molecule has 26 heavy (non-hydrogen) atoms. The molecule has 2 aromatic rings. The van der Waals surface area contributed by atoms with E-state index in [0.29, 0.717) is 13.1 Å². The van der Waals surface area contributed by atoms with Crippen LogP contribution in [0.15, 0.2) is 36.4 Å². The Kier molecular flexibility index (Phi) is 4.32. The number of hydrogen-bond acceptors (Lipinski definition) is 4. The van der Waals surface area contributed by atoms with Crippen molar-refractivity contribution in [3.63, 3.8) is 0 Å². The van der Waals surface area contributed by atoms with Crippen LogP contribution in [0.1, 0.15) is 11.1 Å². The number of fused-ring (bicyclic) bond motifs is 1. The van der Waals surface area contributed by atoms with Gasteiger partial charge in [-0.15, -0.1) is 0 Å². The van der Waals surface area contributed by atoms with Gasteiger partial charge in [-0.3, -0.25) is 0 Å². The minimum Gasteiger partial charge on any atom is -0.454 e. The molecule has 0 aliphatic carbocycles. The van der Waals surface area contributed by atoms with Gasteiger partial charge in [0, 0.05) is 43.6 Å². The smallest absolute Gasteiger partial charge is 0.321 e. The van der Waals surface area contributed by atoms with E-state index in [-0.39, 0.29) is 12.8 Å². The second kappa shape index (κ2) is 6.78. The van der Waals surface area contributed by atoms with Crippen LogP contribution in [0.5, 0.6) is 11.5 Å². The van der Waals surface area contributed by atoms with Gasteiger partial charge in [-0.25, -0.2) is 4.79 Å². The summed E-state index contributed by atoms with van der Waals surface area (Å²) in [6.45, 7) is 7.30. The number of aryl methyl sites for hydroxylation is 2. The Morgan fingerprint density at radius 2 is 1.73 bits per heavy atom. The number of carbonyl (C=O) groups excluding carboxylic acids is 1. The molecule has 0 atom stereocenters. The average molecular weight is 353 g/mol. The molecule has 0 aromatic heterocycles. The first-order valence-electron chi connectivity index (χ1n) is 8.88. The third-order valence-electron chi connectivity index (χ3n) is 4.91. The number of benzene rings is 2. The molecule has 2 aliphatic heterocycles. The lowest BCUT2D eigenvalue weighted by molar-refractivity contribution is 0.174. The second-order valence-electron chi connectivity index (χ2n) is 6.76. The predicted molar refractivity (Wildman–Crippen MR) is 101 cm³/mol. The van der Waals surface area contributed by atoms with Crippen LogP contribution in [-0.4, -0.2) is 43.9 Å². The molecule has 0 unspecified atom stereocenters. The van der Waals surface area contributed by atoms with Gasteiger partial charge in [0.2, 0.25) is 6.79 Å². The highest BCUT2D eigenvalue weighted by atomic mass is 16.7. The topological polar surface area (TPSA) is 54.0 Å². The highest BCUT2D eigenvalue weighted by Gasteiger charge is 2.23. The summed E-state index contributed by atoms with van der Waals surface area (Å²) < 4.78 is 10.8. The van der Waals surface area contributed by atoms with Crippen molar-refractivity contribution in [2.45, 2.75) is 13.8 Å². The third kappa shape index (κ3) is 3.27. The van der Waals surface area contributed by atoms with Crippen molar-refractivity contribution in [1.82, 2.24) is 4.90 Å². The van der Waals surface area contributed by atoms with Gasteiger partial charge in [0.05, 0.1) is 0 Å². The molecule has 0 bridgehead atoms. The molecule has 2 amide bonds. The van der Waals surface area contributed by atoms with Gasteiger partial charge in [0.25, 0.3) is 0 Å². The van der Waals surface area contributed by atoms with Gasteiger partial charge < -0.3 is 24.6 Å². The van der Waals surface area contributed by atoms with Crippen LogP contribution in [0.4, 0.5) is 16.2 Å². The number of piperazine rings is 1. The van der Waals surface area contributed by atoms with E-state index < -0.39 is 0 Å². The van der Waals surface area contributed by atoms with Crippen molar-refractivity contribution < 1.29 is 14.3 Å². The zero-order valence-electron chi connectivity index (χ0n) is 15.1. The van der Waals surface area contributed by atoms with Crippen molar-refractivity contribution in [3.8, 4) is 11.5 Å². The van der Waals surface area contributed by atoms with Crippen molar-refractivity contribution in [2.75, 3.05) is 43.2 Å². The molecule has 1 saturated heterocycles. The Balaban J connectivity index is 1.36. The molecule has 2 aliphatic rings. The summed E-state index contributed by atoms with van der Waals surface area (Å²) in [4.78, 5) is 16.7. The van der Waals surface area contributed by atoms with Gasteiger partial charge in [-0.1, -0.05) is 17.7 Å². The Bertz CT molecular complexity index is 829. The largest absolute Gasteiger partial charge is 0.454 e. The van der Waals surface area contributed by atoms with E-state index in [4.69, 9.17) is 9.47 Å². The maximum Gasteiger partial charge on any atom is 0.321 e. The average Bonchev–Trinajstić information content (AvgIpc) is 3.12. The van der Waals surface area contributed by atoms with Crippen LogP contribution < -0.4 is 19.7 Å². The summed E-state index contributed by atoms with van der Waals surface area (Å²) in [7, 11) is 0. The Morgan fingerprint density at radius 1 is 0.962 bits per heavy atom. The molecule has 6 heteroatoms. The molecule has 4 rings (SSSR count). The monoisotopic (exact) mass is 353 g/mol. The molecule has 2 aromatic carbocycles. The number of rotatable bonds is 2. The van der Waals surface area contributed by atoms with E-state index in [2.05, 4.69) is 16.3 Å². The fourth-order valence-electron chi connectivity index (χ4n) is 3.40. The van der Waals surface area contributed by atoms with Gasteiger partial charge in [0.15, 0.2) is 11.5 Å². The van der Waals surface area contributed by atoms with Crippen molar-refractivity contribution in [1.29, 1.82) is 0 Å². The highest BCUT2D eigenvalue weighted by molar-refractivity contribution is 5.90. The normalized spacial score (nSPS) is 15.9. The molecule has 136 valence electrons. The summed E-state index contributed by atoms with van der Waals surface area (Å²) >= 11 is 0. The molecule has 2 heterocycles. The maximum absolute atomic E-state index is 12.6. The van der Waals surface area contributed by atoms with Gasteiger partial charge in [-0.2, -0.15) is 0 Å². The molecular weight excluding hydrogens is 330 g/mol.